The number of benzene rings is 1. The van der Waals surface area contributed by atoms with Gasteiger partial charge in [-0.1, -0.05) is 29.3 Å². The van der Waals surface area contributed by atoms with E-state index in [-0.39, 0.29) is 11.9 Å². The Morgan fingerprint density at radius 1 is 1.33 bits per heavy atom. The molecular formula is C15H17Cl2N3O. The second kappa shape index (κ2) is 6.08. The van der Waals surface area contributed by atoms with Crippen molar-refractivity contribution in [1.29, 1.82) is 0 Å². The topological polar surface area (TPSA) is 46.9 Å². The van der Waals surface area contributed by atoms with Crippen molar-refractivity contribution in [3.63, 3.8) is 0 Å². The lowest BCUT2D eigenvalue weighted by Crippen LogP contribution is -2.27. The smallest absolute Gasteiger partial charge is 0.255 e. The molecule has 0 saturated heterocycles. The molecule has 1 aromatic heterocycles. The second-order valence-corrected chi connectivity index (χ2v) is 5.87. The van der Waals surface area contributed by atoms with E-state index in [0.717, 1.165) is 11.3 Å². The summed E-state index contributed by atoms with van der Waals surface area (Å²) in [5.74, 6) is -0.156. The second-order valence-electron chi connectivity index (χ2n) is 5.03. The van der Waals surface area contributed by atoms with Gasteiger partial charge in [0.2, 0.25) is 0 Å². The SMILES string of the molecule is Cc1nn(C)c(C)c1C(=O)N[C@@H](C)c1ccc(Cl)cc1Cl. The van der Waals surface area contributed by atoms with Gasteiger partial charge in [0.15, 0.2) is 0 Å². The Morgan fingerprint density at radius 2 is 2.00 bits per heavy atom. The zero-order valence-corrected chi connectivity index (χ0v) is 13.9. The molecule has 0 aliphatic heterocycles. The zero-order valence-electron chi connectivity index (χ0n) is 12.4. The first-order valence-electron chi connectivity index (χ1n) is 6.57. The Bertz CT molecular complexity index is 694. The zero-order chi connectivity index (χ0) is 15.7. The van der Waals surface area contributed by atoms with Crippen molar-refractivity contribution in [1.82, 2.24) is 15.1 Å². The minimum Gasteiger partial charge on any atom is -0.345 e. The standard InChI is InChI=1S/C15H17Cl2N3O/c1-8(12-6-5-11(16)7-13(12)17)18-15(21)14-9(2)19-20(4)10(14)3/h5-8H,1-4H3,(H,18,21)/t8-/m0/s1. The summed E-state index contributed by atoms with van der Waals surface area (Å²) in [5, 5.41) is 8.31. The van der Waals surface area contributed by atoms with E-state index < -0.39 is 0 Å². The van der Waals surface area contributed by atoms with Crippen molar-refractivity contribution in [2.24, 2.45) is 7.05 Å². The lowest BCUT2D eigenvalue weighted by atomic mass is 10.1. The molecular weight excluding hydrogens is 309 g/mol. The fraction of sp³-hybridized carbons (Fsp3) is 0.333. The van der Waals surface area contributed by atoms with E-state index in [1.807, 2.05) is 33.9 Å². The number of carbonyl (C=O) groups is 1. The Labute approximate surface area is 134 Å². The van der Waals surface area contributed by atoms with Gasteiger partial charge in [0, 0.05) is 22.8 Å². The maximum absolute atomic E-state index is 12.4. The fourth-order valence-electron chi connectivity index (χ4n) is 2.30. The molecule has 1 N–H and O–H groups in total. The fourth-order valence-corrected chi connectivity index (χ4v) is 2.87. The molecule has 1 atom stereocenters. The summed E-state index contributed by atoms with van der Waals surface area (Å²) in [6.45, 7) is 5.57. The normalized spacial score (nSPS) is 12.3. The highest BCUT2D eigenvalue weighted by Gasteiger charge is 2.20. The van der Waals surface area contributed by atoms with Gasteiger partial charge in [-0.15, -0.1) is 0 Å². The Balaban J connectivity index is 2.23. The first kappa shape index (κ1) is 15.9. The molecule has 0 bridgehead atoms. The van der Waals surface area contributed by atoms with Crippen molar-refractivity contribution in [3.8, 4) is 0 Å². The Hall–Kier alpha value is -1.52. The number of aryl methyl sites for hydroxylation is 2. The number of hydrogen-bond acceptors (Lipinski definition) is 2. The monoisotopic (exact) mass is 325 g/mol. The van der Waals surface area contributed by atoms with Crippen LogP contribution in [0.25, 0.3) is 0 Å². The quantitative estimate of drug-likeness (QED) is 0.932. The molecule has 0 radical (unpaired) electrons. The van der Waals surface area contributed by atoms with Crippen LogP contribution >= 0.6 is 23.2 Å². The molecule has 4 nitrogen and oxygen atoms in total. The number of amides is 1. The van der Waals surface area contributed by atoms with Gasteiger partial charge in [-0.3, -0.25) is 9.48 Å². The Kier molecular flexibility index (Phi) is 4.59. The van der Waals surface area contributed by atoms with Crippen LogP contribution < -0.4 is 5.32 Å². The van der Waals surface area contributed by atoms with E-state index in [9.17, 15) is 4.79 Å². The van der Waals surface area contributed by atoms with E-state index in [1.54, 1.807) is 16.8 Å². The third-order valence-corrected chi connectivity index (χ3v) is 4.08. The van der Waals surface area contributed by atoms with Gasteiger partial charge in [0.05, 0.1) is 17.3 Å². The lowest BCUT2D eigenvalue weighted by molar-refractivity contribution is 0.0938. The lowest BCUT2D eigenvalue weighted by Gasteiger charge is -2.16. The molecule has 2 rings (SSSR count). The summed E-state index contributed by atoms with van der Waals surface area (Å²) in [5.41, 5.74) is 2.98. The van der Waals surface area contributed by atoms with E-state index in [2.05, 4.69) is 10.4 Å². The highest BCUT2D eigenvalue weighted by Crippen LogP contribution is 2.26. The Morgan fingerprint density at radius 3 is 2.52 bits per heavy atom. The number of hydrogen-bond donors (Lipinski definition) is 1. The molecule has 0 unspecified atom stereocenters. The molecule has 0 aliphatic carbocycles. The van der Waals surface area contributed by atoms with Gasteiger partial charge in [0.25, 0.3) is 5.91 Å². The van der Waals surface area contributed by atoms with Crippen LogP contribution in [0.5, 0.6) is 0 Å². The van der Waals surface area contributed by atoms with Crippen LogP contribution in [0.3, 0.4) is 0 Å². The number of nitrogens with one attached hydrogen (secondary N) is 1. The number of carbonyl (C=O) groups excluding carboxylic acids is 1. The number of nitrogens with zero attached hydrogens (tertiary/aromatic N) is 2. The van der Waals surface area contributed by atoms with Gasteiger partial charge < -0.3 is 5.32 Å². The highest BCUT2D eigenvalue weighted by molar-refractivity contribution is 6.35. The van der Waals surface area contributed by atoms with Crippen LogP contribution in [-0.2, 0) is 7.05 Å². The van der Waals surface area contributed by atoms with E-state index >= 15 is 0 Å². The molecule has 112 valence electrons. The third kappa shape index (κ3) is 3.22. The van der Waals surface area contributed by atoms with Crippen molar-refractivity contribution >= 4 is 29.1 Å². The van der Waals surface area contributed by atoms with Crippen molar-refractivity contribution in [3.05, 3.63) is 50.8 Å². The van der Waals surface area contributed by atoms with Gasteiger partial charge in [-0.25, -0.2) is 0 Å². The minimum atomic E-state index is -0.221. The molecule has 1 aromatic carbocycles. The van der Waals surface area contributed by atoms with E-state index in [1.165, 1.54) is 0 Å². The van der Waals surface area contributed by atoms with Crippen LogP contribution in [0.15, 0.2) is 18.2 Å². The molecule has 2 aromatic rings. The molecule has 1 heterocycles. The first-order chi connectivity index (χ1) is 9.81. The first-order valence-corrected chi connectivity index (χ1v) is 7.33. The van der Waals surface area contributed by atoms with Crippen LogP contribution in [0.1, 0.15) is 40.3 Å². The molecule has 0 spiro atoms. The maximum atomic E-state index is 12.4. The van der Waals surface area contributed by atoms with Crippen molar-refractivity contribution < 1.29 is 4.79 Å². The number of halogens is 2. The highest BCUT2D eigenvalue weighted by atomic mass is 35.5. The maximum Gasteiger partial charge on any atom is 0.255 e. The average molecular weight is 326 g/mol. The van der Waals surface area contributed by atoms with Crippen LogP contribution in [0.2, 0.25) is 10.0 Å². The summed E-state index contributed by atoms with van der Waals surface area (Å²) < 4.78 is 1.70. The summed E-state index contributed by atoms with van der Waals surface area (Å²) in [7, 11) is 1.82. The molecule has 21 heavy (non-hydrogen) atoms. The molecule has 0 fully saturated rings. The van der Waals surface area contributed by atoms with Crippen LogP contribution in [-0.4, -0.2) is 15.7 Å². The molecule has 0 aliphatic rings. The molecule has 6 heteroatoms. The number of rotatable bonds is 3. The largest absolute Gasteiger partial charge is 0.345 e. The van der Waals surface area contributed by atoms with Gasteiger partial charge in [0.1, 0.15) is 0 Å². The summed E-state index contributed by atoms with van der Waals surface area (Å²) >= 11 is 12.1. The van der Waals surface area contributed by atoms with Gasteiger partial charge in [-0.2, -0.15) is 5.10 Å². The van der Waals surface area contributed by atoms with Crippen LogP contribution in [0.4, 0.5) is 0 Å². The third-order valence-electron chi connectivity index (χ3n) is 3.51. The molecule has 1 amide bonds. The summed E-state index contributed by atoms with van der Waals surface area (Å²) in [6, 6.07) is 5.02. The van der Waals surface area contributed by atoms with E-state index in [0.29, 0.717) is 21.3 Å². The number of aromatic nitrogens is 2. The minimum absolute atomic E-state index is 0.156. The summed E-state index contributed by atoms with van der Waals surface area (Å²) in [6.07, 6.45) is 0. The molecule has 0 saturated carbocycles. The van der Waals surface area contributed by atoms with Crippen molar-refractivity contribution in [2.45, 2.75) is 26.8 Å². The van der Waals surface area contributed by atoms with Crippen LogP contribution in [0, 0.1) is 13.8 Å². The van der Waals surface area contributed by atoms with E-state index in [4.69, 9.17) is 23.2 Å². The van der Waals surface area contributed by atoms with Gasteiger partial charge >= 0.3 is 0 Å². The average Bonchev–Trinajstić information content (AvgIpc) is 2.62. The summed E-state index contributed by atoms with van der Waals surface area (Å²) in [4.78, 5) is 12.4. The predicted octanol–water partition coefficient (Wildman–Crippen LogP) is 3.83. The van der Waals surface area contributed by atoms with Gasteiger partial charge in [-0.05, 0) is 38.5 Å². The van der Waals surface area contributed by atoms with Crippen molar-refractivity contribution in [2.75, 3.05) is 0 Å². The predicted molar refractivity (Wildman–Crippen MR) is 85.0 cm³/mol.